The van der Waals surface area contributed by atoms with Crippen molar-refractivity contribution < 1.29 is 14.3 Å². The summed E-state index contributed by atoms with van der Waals surface area (Å²) in [7, 11) is 3.38. The number of rotatable bonds is 4. The molecule has 1 aliphatic carbocycles. The van der Waals surface area contributed by atoms with Crippen LogP contribution in [0, 0.1) is 0 Å². The van der Waals surface area contributed by atoms with E-state index in [0.717, 1.165) is 24.8 Å². The van der Waals surface area contributed by atoms with E-state index in [-0.39, 0.29) is 17.5 Å². The van der Waals surface area contributed by atoms with Crippen molar-refractivity contribution in [3.05, 3.63) is 34.9 Å². The highest BCUT2D eigenvalue weighted by molar-refractivity contribution is 6.30. The molecule has 7 heteroatoms. The second kappa shape index (κ2) is 7.22. The van der Waals surface area contributed by atoms with Crippen LogP contribution in [0.3, 0.4) is 0 Å². The van der Waals surface area contributed by atoms with Crippen LogP contribution in [0.2, 0.25) is 5.02 Å². The molecule has 0 radical (unpaired) electrons. The van der Waals surface area contributed by atoms with Crippen LogP contribution in [-0.4, -0.2) is 67.2 Å². The summed E-state index contributed by atoms with van der Waals surface area (Å²) in [4.78, 5) is 27.9. The number of likely N-dealkylation sites (N-methyl/N-ethyl adjacent to an activating group) is 1. The lowest BCUT2D eigenvalue weighted by atomic mass is 10.0. The monoisotopic (exact) mass is 365 g/mol. The third-order valence-electron chi connectivity index (χ3n) is 4.75. The van der Waals surface area contributed by atoms with E-state index in [0.29, 0.717) is 24.7 Å². The molecule has 1 aliphatic heterocycles. The molecule has 1 N–H and O–H groups in total. The van der Waals surface area contributed by atoms with Crippen LogP contribution < -0.4 is 5.32 Å². The maximum atomic E-state index is 12.6. The molecule has 1 saturated heterocycles. The Bertz CT molecular complexity index is 643. The van der Waals surface area contributed by atoms with E-state index in [2.05, 4.69) is 5.32 Å². The molecule has 1 saturated carbocycles. The molecule has 1 aromatic rings. The molecule has 1 atom stereocenters. The van der Waals surface area contributed by atoms with Crippen LogP contribution in [0.15, 0.2) is 24.3 Å². The summed E-state index contributed by atoms with van der Waals surface area (Å²) in [6.07, 6.45) is 2.14. The lowest BCUT2D eigenvalue weighted by molar-refractivity contribution is -0.145. The number of carbonyl (C=O) groups excluding carboxylic acids is 2. The van der Waals surface area contributed by atoms with Gasteiger partial charge in [-0.15, -0.1) is 0 Å². The Labute approximate surface area is 153 Å². The van der Waals surface area contributed by atoms with Crippen molar-refractivity contribution >= 4 is 23.5 Å². The number of nitrogens with zero attached hydrogens (tertiary/aromatic N) is 2. The van der Waals surface area contributed by atoms with Gasteiger partial charge in [-0.2, -0.15) is 0 Å². The largest absolute Gasteiger partial charge is 0.365 e. The molecule has 136 valence electrons. The number of morpholine rings is 1. The number of urea groups is 1. The zero-order valence-corrected chi connectivity index (χ0v) is 15.4. The van der Waals surface area contributed by atoms with Gasteiger partial charge in [-0.05, 0) is 37.0 Å². The minimum atomic E-state index is -0.582. The number of benzene rings is 1. The first-order chi connectivity index (χ1) is 11.9. The van der Waals surface area contributed by atoms with Crippen molar-refractivity contribution in [1.82, 2.24) is 15.1 Å². The number of hydrogen-bond donors (Lipinski definition) is 1. The summed E-state index contributed by atoms with van der Waals surface area (Å²) in [5.74, 6) is -0.111. The molecular weight excluding hydrogens is 342 g/mol. The van der Waals surface area contributed by atoms with Gasteiger partial charge >= 0.3 is 6.03 Å². The van der Waals surface area contributed by atoms with Gasteiger partial charge in [0.15, 0.2) is 6.10 Å². The Morgan fingerprint density at radius 1 is 1.32 bits per heavy atom. The SMILES string of the molecule is CN(C)C(=O)[C@H]1CN(C(=O)NC2(Cc3ccc(Cl)cc3)CC2)CCO1. The first-order valence-electron chi connectivity index (χ1n) is 8.53. The van der Waals surface area contributed by atoms with E-state index in [1.807, 2.05) is 24.3 Å². The molecule has 3 amide bonds. The molecule has 3 rings (SSSR count). The van der Waals surface area contributed by atoms with Gasteiger partial charge < -0.3 is 19.9 Å². The molecule has 0 aromatic heterocycles. The van der Waals surface area contributed by atoms with Gasteiger partial charge in [0, 0.05) is 31.2 Å². The van der Waals surface area contributed by atoms with Gasteiger partial charge in [-0.3, -0.25) is 4.79 Å². The number of carbonyl (C=O) groups is 2. The first-order valence-corrected chi connectivity index (χ1v) is 8.91. The second-order valence-electron chi connectivity index (χ2n) is 7.05. The zero-order chi connectivity index (χ0) is 18.0. The standard InChI is InChI=1S/C18H24ClN3O3/c1-21(2)16(23)15-12-22(9-10-25-15)17(24)20-18(7-8-18)11-13-3-5-14(19)6-4-13/h3-6,15H,7-12H2,1-2H3,(H,20,24)/t15-/m1/s1. The average molecular weight is 366 g/mol. The predicted molar refractivity (Wildman–Crippen MR) is 95.7 cm³/mol. The lowest BCUT2D eigenvalue weighted by Gasteiger charge is -2.34. The first kappa shape index (κ1) is 18.0. The minimum Gasteiger partial charge on any atom is -0.365 e. The third-order valence-corrected chi connectivity index (χ3v) is 5.00. The molecule has 0 spiro atoms. The van der Waals surface area contributed by atoms with Gasteiger partial charge in [0.25, 0.3) is 5.91 Å². The zero-order valence-electron chi connectivity index (χ0n) is 14.6. The number of halogens is 1. The van der Waals surface area contributed by atoms with Gasteiger partial charge in [-0.1, -0.05) is 23.7 Å². The topological polar surface area (TPSA) is 61.9 Å². The fourth-order valence-electron chi connectivity index (χ4n) is 3.07. The lowest BCUT2D eigenvalue weighted by Crippen LogP contribution is -2.55. The van der Waals surface area contributed by atoms with E-state index in [9.17, 15) is 9.59 Å². The summed E-state index contributed by atoms with van der Waals surface area (Å²) < 4.78 is 5.51. The average Bonchev–Trinajstić information content (AvgIpc) is 3.35. The van der Waals surface area contributed by atoms with Crippen LogP contribution in [0.25, 0.3) is 0 Å². The van der Waals surface area contributed by atoms with Crippen LogP contribution in [0.5, 0.6) is 0 Å². The number of hydrogen-bond acceptors (Lipinski definition) is 3. The van der Waals surface area contributed by atoms with Crippen molar-refractivity contribution in [2.45, 2.75) is 30.9 Å². The summed E-state index contributed by atoms with van der Waals surface area (Å²) in [5.41, 5.74) is 0.981. The molecule has 6 nitrogen and oxygen atoms in total. The van der Waals surface area contributed by atoms with E-state index in [1.54, 1.807) is 19.0 Å². The maximum absolute atomic E-state index is 12.6. The van der Waals surface area contributed by atoms with E-state index in [1.165, 1.54) is 4.90 Å². The molecular formula is C18H24ClN3O3. The van der Waals surface area contributed by atoms with Crippen molar-refractivity contribution in [2.75, 3.05) is 33.8 Å². The number of amides is 3. The van der Waals surface area contributed by atoms with Gasteiger partial charge in [0.05, 0.1) is 13.2 Å². The smallest absolute Gasteiger partial charge is 0.318 e. The fourth-order valence-corrected chi connectivity index (χ4v) is 3.19. The Morgan fingerprint density at radius 2 is 2.00 bits per heavy atom. The normalized spacial score (nSPS) is 21.6. The van der Waals surface area contributed by atoms with E-state index < -0.39 is 6.10 Å². The third kappa shape index (κ3) is 4.44. The predicted octanol–water partition coefficient (Wildman–Crippen LogP) is 1.91. The fraction of sp³-hybridized carbons (Fsp3) is 0.556. The van der Waals surface area contributed by atoms with Crippen LogP contribution >= 0.6 is 11.6 Å². The summed E-state index contributed by atoms with van der Waals surface area (Å²) >= 11 is 5.93. The molecule has 0 bridgehead atoms. The van der Waals surface area contributed by atoms with Crippen LogP contribution in [0.1, 0.15) is 18.4 Å². The van der Waals surface area contributed by atoms with E-state index >= 15 is 0 Å². The summed E-state index contributed by atoms with van der Waals surface area (Å²) in [6, 6.07) is 7.61. The highest BCUT2D eigenvalue weighted by atomic mass is 35.5. The number of nitrogens with one attached hydrogen (secondary N) is 1. The van der Waals surface area contributed by atoms with Crippen molar-refractivity contribution in [3.8, 4) is 0 Å². The van der Waals surface area contributed by atoms with Crippen LogP contribution in [-0.2, 0) is 16.0 Å². The van der Waals surface area contributed by atoms with Crippen molar-refractivity contribution in [2.24, 2.45) is 0 Å². The van der Waals surface area contributed by atoms with Gasteiger partial charge in [-0.25, -0.2) is 4.79 Å². The Kier molecular flexibility index (Phi) is 5.20. The Balaban J connectivity index is 1.58. The van der Waals surface area contributed by atoms with Crippen LogP contribution in [0.4, 0.5) is 4.79 Å². The molecule has 25 heavy (non-hydrogen) atoms. The summed E-state index contributed by atoms with van der Waals surface area (Å²) in [5, 5.41) is 3.87. The maximum Gasteiger partial charge on any atom is 0.318 e. The second-order valence-corrected chi connectivity index (χ2v) is 7.49. The highest BCUT2D eigenvalue weighted by Gasteiger charge is 2.45. The Morgan fingerprint density at radius 3 is 2.60 bits per heavy atom. The quantitative estimate of drug-likeness (QED) is 0.886. The molecule has 1 heterocycles. The molecule has 2 fully saturated rings. The summed E-state index contributed by atoms with van der Waals surface area (Å²) in [6.45, 7) is 1.17. The van der Waals surface area contributed by atoms with Crippen molar-refractivity contribution in [3.63, 3.8) is 0 Å². The minimum absolute atomic E-state index is 0.111. The number of ether oxygens (including phenoxy) is 1. The van der Waals surface area contributed by atoms with Gasteiger partial charge in [0.1, 0.15) is 0 Å². The van der Waals surface area contributed by atoms with Crippen molar-refractivity contribution in [1.29, 1.82) is 0 Å². The van der Waals surface area contributed by atoms with E-state index in [4.69, 9.17) is 16.3 Å². The molecule has 1 aromatic carbocycles. The van der Waals surface area contributed by atoms with Gasteiger partial charge in [0.2, 0.25) is 0 Å². The highest BCUT2D eigenvalue weighted by Crippen LogP contribution is 2.39. The Hall–Kier alpha value is -1.79. The molecule has 2 aliphatic rings. The molecule has 0 unspecified atom stereocenters.